The number of nitrogens with zero attached hydrogens (tertiary/aromatic N) is 2. The van der Waals surface area contributed by atoms with E-state index in [-0.39, 0.29) is 0 Å². The van der Waals surface area contributed by atoms with Crippen LogP contribution in [-0.4, -0.2) is 62.2 Å². The molecule has 0 amide bonds. The predicted molar refractivity (Wildman–Crippen MR) is 84.7 cm³/mol. The van der Waals surface area contributed by atoms with E-state index in [9.17, 15) is 0 Å². The third-order valence-electron chi connectivity index (χ3n) is 4.71. The summed E-state index contributed by atoms with van der Waals surface area (Å²) in [5.74, 6) is 0. The van der Waals surface area contributed by atoms with E-state index in [1.807, 2.05) is 0 Å². The Balaban J connectivity index is 2.28. The van der Waals surface area contributed by atoms with Gasteiger partial charge in [-0.25, -0.2) is 0 Å². The van der Waals surface area contributed by atoms with E-state index in [0.29, 0.717) is 5.41 Å². The second-order valence-electron chi connectivity index (χ2n) is 6.31. The van der Waals surface area contributed by atoms with Gasteiger partial charge in [0.2, 0.25) is 0 Å². The first-order chi connectivity index (χ1) is 9.13. The number of nitrogens with one attached hydrogen (secondary N) is 1. The van der Waals surface area contributed by atoms with Crippen molar-refractivity contribution in [2.75, 3.05) is 52.4 Å². The van der Waals surface area contributed by atoms with E-state index < -0.39 is 0 Å². The van der Waals surface area contributed by atoms with Crippen molar-refractivity contribution in [1.29, 1.82) is 0 Å². The van der Waals surface area contributed by atoms with Gasteiger partial charge in [-0.3, -0.25) is 0 Å². The standard InChI is InChI=1S/C16H35N3/c1-5-18(6-2)13-8-14-19(7-3)15-16(4)9-11-17-12-10-16/h17H,5-15H2,1-4H3. The van der Waals surface area contributed by atoms with E-state index in [1.165, 1.54) is 71.6 Å². The van der Waals surface area contributed by atoms with Crippen molar-refractivity contribution < 1.29 is 0 Å². The molecule has 0 spiro atoms. The van der Waals surface area contributed by atoms with Crippen LogP contribution in [0.1, 0.15) is 47.0 Å². The van der Waals surface area contributed by atoms with Crippen molar-refractivity contribution in [1.82, 2.24) is 15.1 Å². The molecule has 1 rings (SSSR count). The predicted octanol–water partition coefficient (Wildman–Crippen LogP) is 2.43. The summed E-state index contributed by atoms with van der Waals surface area (Å²) < 4.78 is 0. The van der Waals surface area contributed by atoms with Gasteiger partial charge in [-0.15, -0.1) is 0 Å². The number of hydrogen-bond acceptors (Lipinski definition) is 3. The molecule has 0 atom stereocenters. The molecule has 3 nitrogen and oxygen atoms in total. The van der Waals surface area contributed by atoms with Crippen LogP contribution in [0.5, 0.6) is 0 Å². The monoisotopic (exact) mass is 269 g/mol. The quantitative estimate of drug-likeness (QED) is 0.693. The van der Waals surface area contributed by atoms with Gasteiger partial charge in [0, 0.05) is 6.54 Å². The summed E-state index contributed by atoms with van der Waals surface area (Å²) in [5, 5.41) is 3.48. The smallest absolute Gasteiger partial charge is 0.00362 e. The Labute approximate surface area is 120 Å². The van der Waals surface area contributed by atoms with Crippen LogP contribution in [0.25, 0.3) is 0 Å². The van der Waals surface area contributed by atoms with Crippen molar-refractivity contribution in [3.05, 3.63) is 0 Å². The number of piperidine rings is 1. The van der Waals surface area contributed by atoms with Crippen LogP contribution in [0.15, 0.2) is 0 Å². The van der Waals surface area contributed by atoms with Gasteiger partial charge in [-0.1, -0.05) is 27.7 Å². The van der Waals surface area contributed by atoms with E-state index in [2.05, 4.69) is 42.8 Å². The Morgan fingerprint density at radius 3 is 1.95 bits per heavy atom. The van der Waals surface area contributed by atoms with Crippen LogP contribution in [0.2, 0.25) is 0 Å². The van der Waals surface area contributed by atoms with E-state index in [1.54, 1.807) is 0 Å². The zero-order valence-corrected chi connectivity index (χ0v) is 13.7. The van der Waals surface area contributed by atoms with Crippen molar-refractivity contribution in [2.45, 2.75) is 47.0 Å². The van der Waals surface area contributed by atoms with Crippen LogP contribution >= 0.6 is 0 Å². The van der Waals surface area contributed by atoms with Crippen molar-refractivity contribution in [3.63, 3.8) is 0 Å². The summed E-state index contributed by atoms with van der Waals surface area (Å²) in [4.78, 5) is 5.19. The maximum atomic E-state index is 3.48. The second kappa shape index (κ2) is 8.93. The normalized spacial score (nSPS) is 19.3. The molecular weight excluding hydrogens is 234 g/mol. The van der Waals surface area contributed by atoms with Gasteiger partial charge in [-0.2, -0.15) is 0 Å². The molecule has 114 valence electrons. The molecule has 1 N–H and O–H groups in total. The average Bonchev–Trinajstić information content (AvgIpc) is 2.43. The largest absolute Gasteiger partial charge is 0.317 e. The van der Waals surface area contributed by atoms with E-state index in [0.717, 1.165) is 0 Å². The lowest BCUT2D eigenvalue weighted by Crippen LogP contribution is -2.43. The molecule has 19 heavy (non-hydrogen) atoms. The zero-order valence-electron chi connectivity index (χ0n) is 13.7. The Morgan fingerprint density at radius 1 is 0.895 bits per heavy atom. The van der Waals surface area contributed by atoms with Crippen LogP contribution in [-0.2, 0) is 0 Å². The van der Waals surface area contributed by atoms with Gasteiger partial charge in [-0.05, 0) is 70.5 Å². The molecule has 0 radical (unpaired) electrons. The molecule has 3 heteroatoms. The molecule has 0 saturated carbocycles. The SMILES string of the molecule is CCN(CC)CCCN(CC)CC1(C)CCNCC1. The minimum Gasteiger partial charge on any atom is -0.317 e. The summed E-state index contributed by atoms with van der Waals surface area (Å²) in [5.41, 5.74) is 0.538. The van der Waals surface area contributed by atoms with Gasteiger partial charge in [0.15, 0.2) is 0 Å². The van der Waals surface area contributed by atoms with Gasteiger partial charge >= 0.3 is 0 Å². The fraction of sp³-hybridized carbons (Fsp3) is 1.00. The minimum absolute atomic E-state index is 0.538. The van der Waals surface area contributed by atoms with Crippen LogP contribution in [0.3, 0.4) is 0 Å². The van der Waals surface area contributed by atoms with Gasteiger partial charge in [0.25, 0.3) is 0 Å². The summed E-state index contributed by atoms with van der Waals surface area (Å²) in [6, 6.07) is 0. The van der Waals surface area contributed by atoms with Gasteiger partial charge in [0.05, 0.1) is 0 Å². The first-order valence-corrected chi connectivity index (χ1v) is 8.29. The van der Waals surface area contributed by atoms with Crippen LogP contribution in [0, 0.1) is 5.41 Å². The first-order valence-electron chi connectivity index (χ1n) is 8.29. The molecule has 1 aliphatic rings. The van der Waals surface area contributed by atoms with E-state index in [4.69, 9.17) is 0 Å². The Hall–Kier alpha value is -0.120. The fourth-order valence-corrected chi connectivity index (χ4v) is 3.14. The minimum atomic E-state index is 0.538. The Bertz CT molecular complexity index is 220. The van der Waals surface area contributed by atoms with Crippen molar-refractivity contribution in [3.8, 4) is 0 Å². The molecule has 1 aliphatic heterocycles. The topological polar surface area (TPSA) is 18.5 Å². The zero-order chi connectivity index (χ0) is 14.1. The summed E-state index contributed by atoms with van der Waals surface area (Å²) in [7, 11) is 0. The third kappa shape index (κ3) is 6.24. The van der Waals surface area contributed by atoms with Crippen LogP contribution in [0.4, 0.5) is 0 Å². The highest BCUT2D eigenvalue weighted by atomic mass is 15.1. The molecule has 0 aromatic carbocycles. The molecule has 0 aromatic heterocycles. The molecular formula is C16H35N3. The average molecular weight is 269 g/mol. The van der Waals surface area contributed by atoms with E-state index >= 15 is 0 Å². The van der Waals surface area contributed by atoms with Crippen molar-refractivity contribution in [2.24, 2.45) is 5.41 Å². The molecule has 1 heterocycles. The number of rotatable bonds is 9. The summed E-state index contributed by atoms with van der Waals surface area (Å²) >= 11 is 0. The van der Waals surface area contributed by atoms with Gasteiger partial charge < -0.3 is 15.1 Å². The van der Waals surface area contributed by atoms with Gasteiger partial charge in [0.1, 0.15) is 0 Å². The Kier molecular flexibility index (Phi) is 7.96. The number of hydrogen-bond donors (Lipinski definition) is 1. The fourth-order valence-electron chi connectivity index (χ4n) is 3.14. The first kappa shape index (κ1) is 16.9. The second-order valence-corrected chi connectivity index (χ2v) is 6.31. The Morgan fingerprint density at radius 2 is 1.42 bits per heavy atom. The highest BCUT2D eigenvalue weighted by Crippen LogP contribution is 2.28. The maximum absolute atomic E-state index is 3.48. The highest BCUT2D eigenvalue weighted by Gasteiger charge is 2.28. The molecule has 0 aromatic rings. The highest BCUT2D eigenvalue weighted by molar-refractivity contribution is 4.83. The maximum Gasteiger partial charge on any atom is 0.00362 e. The lowest BCUT2D eigenvalue weighted by Gasteiger charge is -2.38. The molecule has 0 bridgehead atoms. The molecule has 1 saturated heterocycles. The van der Waals surface area contributed by atoms with Crippen molar-refractivity contribution >= 4 is 0 Å². The lowest BCUT2D eigenvalue weighted by molar-refractivity contribution is 0.127. The summed E-state index contributed by atoms with van der Waals surface area (Å²) in [6.07, 6.45) is 3.98. The third-order valence-corrected chi connectivity index (χ3v) is 4.71. The molecule has 0 aliphatic carbocycles. The molecule has 0 unspecified atom stereocenters. The summed E-state index contributed by atoms with van der Waals surface area (Å²) in [6.45, 7) is 19.1. The lowest BCUT2D eigenvalue weighted by atomic mass is 9.80. The van der Waals surface area contributed by atoms with Crippen LogP contribution < -0.4 is 5.32 Å². The molecule has 1 fully saturated rings.